The molecule has 0 bridgehead atoms. The summed E-state index contributed by atoms with van der Waals surface area (Å²) in [6.07, 6.45) is 14.9. The van der Waals surface area contributed by atoms with Crippen LogP contribution in [0.25, 0.3) is 0 Å². The third-order valence-corrected chi connectivity index (χ3v) is 6.09. The van der Waals surface area contributed by atoms with Crippen molar-refractivity contribution in [3.63, 3.8) is 0 Å². The van der Waals surface area contributed by atoms with E-state index < -0.39 is 0 Å². The molecule has 38 heavy (non-hydrogen) atoms. The Morgan fingerprint density at radius 2 is 0.842 bits per heavy atom. The predicted molar refractivity (Wildman–Crippen MR) is 153 cm³/mol. The first-order valence-corrected chi connectivity index (χ1v) is 15.4. The minimum absolute atomic E-state index is 0.00454. The highest BCUT2D eigenvalue weighted by Crippen LogP contribution is 2.11. The van der Waals surface area contributed by atoms with Crippen LogP contribution >= 0.6 is 0 Å². The zero-order chi connectivity index (χ0) is 27.9. The van der Waals surface area contributed by atoms with Crippen molar-refractivity contribution in [3.05, 3.63) is 0 Å². The van der Waals surface area contributed by atoms with E-state index >= 15 is 0 Å². The fraction of sp³-hybridized carbons (Fsp3) is 1.00. The zero-order valence-corrected chi connectivity index (χ0v) is 25.3. The first-order chi connectivity index (χ1) is 18.6. The molecule has 0 rings (SSSR count). The minimum Gasteiger partial charge on any atom is -0.394 e. The smallest absolute Gasteiger partial charge is 0.0781 e. The second-order valence-corrected chi connectivity index (χ2v) is 10.1. The lowest BCUT2D eigenvalue weighted by Crippen LogP contribution is -2.27. The van der Waals surface area contributed by atoms with Gasteiger partial charge in [0.25, 0.3) is 0 Å². The summed E-state index contributed by atoms with van der Waals surface area (Å²) in [5, 5.41) is 8.60. The van der Waals surface area contributed by atoms with Gasteiger partial charge in [0.1, 0.15) is 0 Å². The van der Waals surface area contributed by atoms with Gasteiger partial charge in [-0.1, -0.05) is 71.1 Å². The van der Waals surface area contributed by atoms with Crippen LogP contribution in [-0.2, 0) is 33.2 Å². The van der Waals surface area contributed by atoms with Gasteiger partial charge >= 0.3 is 0 Å². The van der Waals surface area contributed by atoms with E-state index in [2.05, 4.69) is 13.8 Å². The SMILES string of the molecule is CCCCCCCCCCCCCOCC(C)OCC(C)OCC(C)OCCOCCOCCOCCO. The molecule has 8 nitrogen and oxygen atoms in total. The van der Waals surface area contributed by atoms with Crippen molar-refractivity contribution < 1.29 is 38.3 Å². The zero-order valence-electron chi connectivity index (χ0n) is 25.3. The van der Waals surface area contributed by atoms with Crippen LogP contribution < -0.4 is 0 Å². The molecule has 230 valence electrons. The summed E-state index contributed by atoms with van der Waals surface area (Å²) in [7, 11) is 0. The molecule has 8 heteroatoms. The van der Waals surface area contributed by atoms with E-state index in [0.717, 1.165) is 13.0 Å². The lowest BCUT2D eigenvalue weighted by molar-refractivity contribution is -0.0853. The van der Waals surface area contributed by atoms with Gasteiger partial charge in [-0.25, -0.2) is 0 Å². The van der Waals surface area contributed by atoms with Crippen molar-refractivity contribution in [2.45, 2.75) is 117 Å². The molecule has 0 aliphatic rings. The summed E-state index contributed by atoms with van der Waals surface area (Å²) in [5.41, 5.74) is 0. The highest BCUT2D eigenvalue weighted by Gasteiger charge is 2.10. The molecule has 1 N–H and O–H groups in total. The van der Waals surface area contributed by atoms with Gasteiger partial charge in [-0.2, -0.15) is 0 Å². The summed E-state index contributed by atoms with van der Waals surface area (Å²) in [4.78, 5) is 0. The van der Waals surface area contributed by atoms with Crippen molar-refractivity contribution in [1.29, 1.82) is 0 Å². The quantitative estimate of drug-likeness (QED) is 0.109. The molecule has 0 amide bonds. The highest BCUT2D eigenvalue weighted by atomic mass is 16.6. The fourth-order valence-electron chi connectivity index (χ4n) is 3.78. The monoisotopic (exact) mass is 550 g/mol. The Balaban J connectivity index is 3.39. The molecule has 0 aromatic heterocycles. The largest absolute Gasteiger partial charge is 0.394 e. The lowest BCUT2D eigenvalue weighted by Gasteiger charge is -2.20. The Kier molecular flexibility index (Phi) is 30.9. The summed E-state index contributed by atoms with van der Waals surface area (Å²) in [6, 6.07) is 0. The summed E-state index contributed by atoms with van der Waals surface area (Å²) >= 11 is 0. The maximum Gasteiger partial charge on any atom is 0.0781 e. The van der Waals surface area contributed by atoms with Crippen LogP contribution in [-0.4, -0.2) is 103 Å². The van der Waals surface area contributed by atoms with E-state index in [9.17, 15) is 0 Å². The second kappa shape index (κ2) is 31.2. The van der Waals surface area contributed by atoms with Gasteiger partial charge in [0.15, 0.2) is 0 Å². The van der Waals surface area contributed by atoms with Gasteiger partial charge < -0.3 is 38.3 Å². The topological polar surface area (TPSA) is 84.8 Å². The van der Waals surface area contributed by atoms with Crippen LogP contribution in [0.4, 0.5) is 0 Å². The molecule has 3 unspecified atom stereocenters. The molecule has 0 fully saturated rings. The number of rotatable bonds is 32. The molecule has 0 saturated carbocycles. The predicted octanol–water partition coefficient (Wildman–Crippen LogP) is 5.57. The Hall–Kier alpha value is -0.320. The van der Waals surface area contributed by atoms with Gasteiger partial charge in [-0.15, -0.1) is 0 Å². The molecule has 0 saturated heterocycles. The maximum absolute atomic E-state index is 8.60. The van der Waals surface area contributed by atoms with E-state index in [1.807, 2.05) is 13.8 Å². The van der Waals surface area contributed by atoms with Gasteiger partial charge in [-0.05, 0) is 27.2 Å². The highest BCUT2D eigenvalue weighted by molar-refractivity contribution is 4.56. The van der Waals surface area contributed by atoms with Crippen molar-refractivity contribution in [3.8, 4) is 0 Å². The Bertz CT molecular complexity index is 440. The van der Waals surface area contributed by atoms with E-state index in [4.69, 9.17) is 38.3 Å². The number of ether oxygens (including phenoxy) is 7. The van der Waals surface area contributed by atoms with Gasteiger partial charge in [0.05, 0.1) is 91.0 Å². The van der Waals surface area contributed by atoms with E-state index in [1.165, 1.54) is 64.2 Å². The first kappa shape index (κ1) is 37.7. The molecule has 0 aliphatic carbocycles. The number of aliphatic hydroxyl groups excluding tert-OH is 1. The number of hydrogen-bond donors (Lipinski definition) is 1. The Labute approximate surface area is 234 Å². The summed E-state index contributed by atoms with van der Waals surface area (Å²) < 4.78 is 39.2. The molecule has 0 spiro atoms. The van der Waals surface area contributed by atoms with E-state index in [1.54, 1.807) is 0 Å². The molecule has 0 aromatic rings. The molecule has 0 heterocycles. The Morgan fingerprint density at radius 1 is 0.421 bits per heavy atom. The van der Waals surface area contributed by atoms with E-state index in [0.29, 0.717) is 66.1 Å². The molecule has 0 radical (unpaired) electrons. The van der Waals surface area contributed by atoms with Crippen LogP contribution in [0.5, 0.6) is 0 Å². The van der Waals surface area contributed by atoms with Gasteiger partial charge in [-0.3, -0.25) is 0 Å². The van der Waals surface area contributed by atoms with Crippen LogP contribution in [0.2, 0.25) is 0 Å². The van der Waals surface area contributed by atoms with Crippen molar-refractivity contribution >= 4 is 0 Å². The molecule has 0 aromatic carbocycles. The summed E-state index contributed by atoms with van der Waals surface area (Å²) in [5.74, 6) is 0. The number of unbranched alkanes of at least 4 members (excludes halogenated alkanes) is 10. The van der Waals surface area contributed by atoms with E-state index in [-0.39, 0.29) is 24.9 Å². The molecule has 3 atom stereocenters. The second-order valence-electron chi connectivity index (χ2n) is 10.1. The van der Waals surface area contributed by atoms with Gasteiger partial charge in [0, 0.05) is 6.61 Å². The third-order valence-electron chi connectivity index (χ3n) is 6.09. The molecule has 0 aliphatic heterocycles. The average molecular weight is 551 g/mol. The standard InChI is InChI=1S/C30H62O8/c1-5-6-7-8-9-10-11-12-13-14-15-17-35-25-28(2)37-27-30(4)38-26-29(3)36-24-23-34-22-21-33-20-19-32-18-16-31/h28-31H,5-27H2,1-4H3. The average Bonchev–Trinajstić information content (AvgIpc) is 2.92. The van der Waals surface area contributed by atoms with Crippen LogP contribution in [0.3, 0.4) is 0 Å². The molecular formula is C30H62O8. The minimum atomic E-state index is -0.00692. The maximum atomic E-state index is 8.60. The molecular weight excluding hydrogens is 488 g/mol. The van der Waals surface area contributed by atoms with Crippen molar-refractivity contribution in [2.75, 3.05) is 79.3 Å². The fourth-order valence-corrected chi connectivity index (χ4v) is 3.78. The van der Waals surface area contributed by atoms with Crippen LogP contribution in [0, 0.1) is 0 Å². The van der Waals surface area contributed by atoms with Crippen molar-refractivity contribution in [1.82, 2.24) is 0 Å². The number of hydrogen-bond acceptors (Lipinski definition) is 8. The number of aliphatic hydroxyl groups is 1. The van der Waals surface area contributed by atoms with Crippen LogP contribution in [0.1, 0.15) is 98.3 Å². The first-order valence-electron chi connectivity index (χ1n) is 15.4. The Morgan fingerprint density at radius 3 is 1.37 bits per heavy atom. The van der Waals surface area contributed by atoms with Crippen LogP contribution in [0.15, 0.2) is 0 Å². The third kappa shape index (κ3) is 30.2. The van der Waals surface area contributed by atoms with Crippen molar-refractivity contribution in [2.24, 2.45) is 0 Å². The van der Waals surface area contributed by atoms with Gasteiger partial charge in [0.2, 0.25) is 0 Å². The summed E-state index contributed by atoms with van der Waals surface area (Å²) in [6.45, 7) is 14.3. The lowest BCUT2D eigenvalue weighted by atomic mass is 10.1. The normalized spacial score (nSPS) is 14.1.